The lowest BCUT2D eigenvalue weighted by Crippen LogP contribution is -2.29. The zero-order valence-electron chi connectivity index (χ0n) is 14.4. The Kier molecular flexibility index (Phi) is 5.19. The van der Waals surface area contributed by atoms with Crippen LogP contribution >= 0.6 is 0 Å². The summed E-state index contributed by atoms with van der Waals surface area (Å²) in [5, 5.41) is 0. The molecule has 1 aromatic heterocycles. The second-order valence-corrected chi connectivity index (χ2v) is 5.91. The normalized spacial score (nSPS) is 11.8. The fourth-order valence-corrected chi connectivity index (χ4v) is 2.53. The third-order valence-corrected chi connectivity index (χ3v) is 4.21. The van der Waals surface area contributed by atoms with Crippen molar-refractivity contribution in [1.29, 1.82) is 0 Å². The minimum atomic E-state index is -0.122. The summed E-state index contributed by atoms with van der Waals surface area (Å²) >= 11 is 0. The second kappa shape index (κ2) is 7.71. The molecule has 2 aromatic carbocycles. The van der Waals surface area contributed by atoms with Gasteiger partial charge in [0.15, 0.2) is 0 Å². The van der Waals surface area contributed by atoms with E-state index < -0.39 is 0 Å². The fourth-order valence-electron chi connectivity index (χ4n) is 2.53. The highest BCUT2D eigenvalue weighted by molar-refractivity contribution is 5.94. The molecule has 1 unspecified atom stereocenters. The zero-order valence-corrected chi connectivity index (χ0v) is 14.4. The number of ether oxygens (including phenoxy) is 1. The van der Waals surface area contributed by atoms with Gasteiger partial charge in [0.25, 0.3) is 5.91 Å². The third kappa shape index (κ3) is 4.10. The van der Waals surface area contributed by atoms with E-state index in [1.807, 2.05) is 73.7 Å². The molecular formula is C21H21NO3. The minimum Gasteiger partial charge on any atom is -0.489 e. The first kappa shape index (κ1) is 16.8. The van der Waals surface area contributed by atoms with Crippen molar-refractivity contribution >= 4 is 5.91 Å². The number of benzene rings is 2. The molecule has 0 spiro atoms. The van der Waals surface area contributed by atoms with Gasteiger partial charge >= 0.3 is 0 Å². The van der Waals surface area contributed by atoms with Gasteiger partial charge in [-0.25, -0.2) is 0 Å². The Balaban J connectivity index is 1.62. The quantitative estimate of drug-likeness (QED) is 0.656. The molecule has 1 atom stereocenters. The molecule has 0 N–H and O–H groups in total. The molecule has 0 aliphatic rings. The van der Waals surface area contributed by atoms with Gasteiger partial charge < -0.3 is 14.1 Å². The zero-order chi connectivity index (χ0) is 17.6. The van der Waals surface area contributed by atoms with Crippen molar-refractivity contribution in [3.8, 4) is 5.75 Å². The molecule has 1 amide bonds. The van der Waals surface area contributed by atoms with Crippen LogP contribution in [0.1, 0.15) is 34.6 Å². The summed E-state index contributed by atoms with van der Waals surface area (Å²) in [4.78, 5) is 14.3. The van der Waals surface area contributed by atoms with Crippen LogP contribution in [0.3, 0.4) is 0 Å². The molecule has 0 saturated heterocycles. The first-order valence-electron chi connectivity index (χ1n) is 8.22. The van der Waals surface area contributed by atoms with Gasteiger partial charge in [-0.2, -0.15) is 0 Å². The number of furan rings is 1. The molecule has 128 valence electrons. The maximum atomic E-state index is 12.6. The lowest BCUT2D eigenvalue weighted by Gasteiger charge is -2.23. The van der Waals surface area contributed by atoms with Crippen LogP contribution in [-0.4, -0.2) is 17.9 Å². The van der Waals surface area contributed by atoms with Gasteiger partial charge in [-0.15, -0.1) is 0 Å². The molecule has 0 saturated carbocycles. The van der Waals surface area contributed by atoms with Crippen molar-refractivity contribution in [2.45, 2.75) is 19.6 Å². The first-order valence-corrected chi connectivity index (χ1v) is 8.22. The Morgan fingerprint density at radius 2 is 1.76 bits per heavy atom. The molecule has 4 heteroatoms. The Hall–Kier alpha value is -3.01. The van der Waals surface area contributed by atoms with Gasteiger partial charge in [0.2, 0.25) is 0 Å². The predicted octanol–water partition coefficient (Wildman–Crippen LogP) is 4.69. The van der Waals surface area contributed by atoms with Gasteiger partial charge in [-0.3, -0.25) is 4.79 Å². The number of amides is 1. The molecule has 0 fully saturated rings. The minimum absolute atomic E-state index is 0.0422. The lowest BCUT2D eigenvalue weighted by atomic mass is 10.1. The second-order valence-electron chi connectivity index (χ2n) is 5.91. The van der Waals surface area contributed by atoms with Gasteiger partial charge in [0, 0.05) is 12.6 Å². The lowest BCUT2D eigenvalue weighted by molar-refractivity contribution is 0.0726. The van der Waals surface area contributed by atoms with E-state index in [0.29, 0.717) is 12.2 Å². The Morgan fingerprint density at radius 3 is 2.40 bits per heavy atom. The summed E-state index contributed by atoms with van der Waals surface area (Å²) in [6.07, 6.45) is 1.62. The van der Waals surface area contributed by atoms with E-state index in [1.54, 1.807) is 18.2 Å². The van der Waals surface area contributed by atoms with E-state index in [-0.39, 0.29) is 11.9 Å². The average molecular weight is 335 g/mol. The molecule has 4 nitrogen and oxygen atoms in total. The van der Waals surface area contributed by atoms with Gasteiger partial charge in [0.1, 0.15) is 18.1 Å². The van der Waals surface area contributed by atoms with Crippen LogP contribution in [0.25, 0.3) is 0 Å². The number of rotatable bonds is 6. The maximum Gasteiger partial charge on any atom is 0.254 e. The van der Waals surface area contributed by atoms with Gasteiger partial charge in [0.05, 0.1) is 12.3 Å². The molecule has 0 aliphatic heterocycles. The number of carbonyl (C=O) groups excluding carboxylic acids is 1. The van der Waals surface area contributed by atoms with E-state index in [4.69, 9.17) is 9.15 Å². The van der Waals surface area contributed by atoms with Crippen LogP contribution in [0.15, 0.2) is 77.4 Å². The van der Waals surface area contributed by atoms with Gasteiger partial charge in [-0.1, -0.05) is 30.3 Å². The van der Waals surface area contributed by atoms with Crippen LogP contribution in [0.2, 0.25) is 0 Å². The molecule has 0 radical (unpaired) electrons. The van der Waals surface area contributed by atoms with E-state index in [2.05, 4.69) is 0 Å². The van der Waals surface area contributed by atoms with E-state index >= 15 is 0 Å². The van der Waals surface area contributed by atoms with Crippen LogP contribution in [-0.2, 0) is 6.61 Å². The molecule has 0 bridgehead atoms. The smallest absolute Gasteiger partial charge is 0.254 e. The number of hydrogen-bond donors (Lipinski definition) is 0. The third-order valence-electron chi connectivity index (χ3n) is 4.21. The molecule has 3 rings (SSSR count). The highest BCUT2D eigenvalue weighted by Gasteiger charge is 2.20. The Bertz CT molecular complexity index is 795. The highest BCUT2D eigenvalue weighted by Crippen LogP contribution is 2.21. The van der Waals surface area contributed by atoms with E-state index in [1.165, 1.54) is 0 Å². The summed E-state index contributed by atoms with van der Waals surface area (Å²) in [5.74, 6) is 1.55. The summed E-state index contributed by atoms with van der Waals surface area (Å²) in [6, 6.07) is 20.7. The van der Waals surface area contributed by atoms with Crippen molar-refractivity contribution in [3.63, 3.8) is 0 Å². The van der Waals surface area contributed by atoms with Crippen molar-refractivity contribution in [2.75, 3.05) is 7.05 Å². The molecule has 0 aliphatic carbocycles. The summed E-state index contributed by atoms with van der Waals surface area (Å²) in [6.45, 7) is 2.41. The van der Waals surface area contributed by atoms with Crippen molar-refractivity contribution < 1.29 is 13.9 Å². The molecule has 25 heavy (non-hydrogen) atoms. The molecule has 3 aromatic rings. The van der Waals surface area contributed by atoms with E-state index in [9.17, 15) is 4.79 Å². The van der Waals surface area contributed by atoms with Crippen LogP contribution < -0.4 is 4.74 Å². The van der Waals surface area contributed by atoms with Crippen LogP contribution in [0, 0.1) is 0 Å². The number of nitrogens with zero attached hydrogens (tertiary/aromatic N) is 1. The average Bonchev–Trinajstić information content (AvgIpc) is 3.20. The SMILES string of the molecule is CC(c1ccco1)N(C)C(=O)c1ccc(COc2ccccc2)cc1. The predicted molar refractivity (Wildman–Crippen MR) is 96.4 cm³/mol. The first-order chi connectivity index (χ1) is 12.1. The maximum absolute atomic E-state index is 12.6. The largest absolute Gasteiger partial charge is 0.489 e. The topological polar surface area (TPSA) is 42.7 Å². The van der Waals surface area contributed by atoms with Crippen molar-refractivity contribution in [1.82, 2.24) is 4.90 Å². The summed E-state index contributed by atoms with van der Waals surface area (Å²) in [7, 11) is 1.78. The monoisotopic (exact) mass is 335 g/mol. The summed E-state index contributed by atoms with van der Waals surface area (Å²) in [5.41, 5.74) is 1.66. The van der Waals surface area contributed by atoms with Crippen LogP contribution in [0.5, 0.6) is 5.75 Å². The number of para-hydroxylation sites is 1. The standard InChI is InChI=1S/C21H21NO3/c1-16(20-9-6-14-24-20)22(2)21(23)18-12-10-17(11-13-18)15-25-19-7-4-3-5-8-19/h3-14,16H,15H2,1-2H3. The van der Waals surface area contributed by atoms with E-state index in [0.717, 1.165) is 17.1 Å². The fraction of sp³-hybridized carbons (Fsp3) is 0.190. The molecular weight excluding hydrogens is 314 g/mol. The highest BCUT2D eigenvalue weighted by atomic mass is 16.5. The summed E-state index contributed by atoms with van der Waals surface area (Å²) < 4.78 is 11.1. The Labute approximate surface area is 147 Å². The Morgan fingerprint density at radius 1 is 1.04 bits per heavy atom. The van der Waals surface area contributed by atoms with Crippen molar-refractivity contribution in [2.24, 2.45) is 0 Å². The number of hydrogen-bond acceptors (Lipinski definition) is 3. The van der Waals surface area contributed by atoms with Crippen molar-refractivity contribution in [3.05, 3.63) is 89.9 Å². The molecule has 1 heterocycles. The van der Waals surface area contributed by atoms with Crippen LogP contribution in [0.4, 0.5) is 0 Å². The number of carbonyl (C=O) groups is 1. The van der Waals surface area contributed by atoms with Gasteiger partial charge in [-0.05, 0) is 48.9 Å².